The Bertz CT molecular complexity index is 282. The maximum absolute atomic E-state index is 5.41. The third kappa shape index (κ3) is 2.14. The summed E-state index contributed by atoms with van der Waals surface area (Å²) in [5.41, 5.74) is 0. The van der Waals surface area contributed by atoms with Gasteiger partial charge in [0.1, 0.15) is 11.5 Å². The fourth-order valence-corrected chi connectivity index (χ4v) is 0.999. The lowest BCUT2D eigenvalue weighted by Gasteiger charge is -2.07. The van der Waals surface area contributed by atoms with Crippen molar-refractivity contribution in [1.29, 1.82) is 0 Å². The van der Waals surface area contributed by atoms with Crippen LogP contribution in [0, 0.1) is 19.3 Å². The van der Waals surface area contributed by atoms with Crippen molar-refractivity contribution in [2.45, 2.75) is 19.9 Å². The van der Waals surface area contributed by atoms with Crippen molar-refractivity contribution >= 4 is 0 Å². The summed E-state index contributed by atoms with van der Waals surface area (Å²) in [6.07, 6.45) is 5.12. The molecule has 1 atom stereocenters. The van der Waals surface area contributed by atoms with E-state index in [1.807, 2.05) is 26.0 Å². The molecule has 64 valence electrons. The molecule has 2 heteroatoms. The van der Waals surface area contributed by atoms with Crippen LogP contribution in [-0.4, -0.2) is 6.54 Å². The normalized spacial score (nSPS) is 12.4. The summed E-state index contributed by atoms with van der Waals surface area (Å²) in [5, 5.41) is 3.13. The highest BCUT2D eigenvalue weighted by atomic mass is 16.3. The predicted molar refractivity (Wildman–Crippen MR) is 48.7 cm³/mol. The summed E-state index contributed by atoms with van der Waals surface area (Å²) in [5.74, 6) is 4.39. The second kappa shape index (κ2) is 3.99. The Labute approximate surface area is 73.0 Å². The summed E-state index contributed by atoms with van der Waals surface area (Å²) in [6.45, 7) is 4.52. The first kappa shape index (κ1) is 8.89. The number of terminal acetylenes is 1. The summed E-state index contributed by atoms with van der Waals surface area (Å²) in [4.78, 5) is 0. The van der Waals surface area contributed by atoms with Crippen molar-refractivity contribution in [3.05, 3.63) is 23.7 Å². The fraction of sp³-hybridized carbons (Fsp3) is 0.400. The second-order valence-corrected chi connectivity index (χ2v) is 2.76. The maximum atomic E-state index is 5.41. The van der Waals surface area contributed by atoms with Crippen LogP contribution in [0.3, 0.4) is 0 Å². The molecule has 1 heterocycles. The molecular formula is C10H13NO. The molecule has 0 amide bonds. The lowest BCUT2D eigenvalue weighted by atomic mass is 10.2. The van der Waals surface area contributed by atoms with Crippen LogP contribution in [0.15, 0.2) is 16.5 Å². The van der Waals surface area contributed by atoms with Crippen LogP contribution in [0.1, 0.15) is 24.5 Å². The SMILES string of the molecule is C#CCNC(C)c1ccc(C)o1. The van der Waals surface area contributed by atoms with E-state index in [-0.39, 0.29) is 6.04 Å². The zero-order chi connectivity index (χ0) is 8.97. The number of hydrogen-bond donors (Lipinski definition) is 1. The smallest absolute Gasteiger partial charge is 0.120 e. The highest BCUT2D eigenvalue weighted by molar-refractivity contribution is 5.09. The van der Waals surface area contributed by atoms with Gasteiger partial charge in [-0.1, -0.05) is 5.92 Å². The standard InChI is InChI=1S/C10H13NO/c1-4-7-11-9(3)10-6-5-8(2)12-10/h1,5-6,9,11H,7H2,2-3H3. The van der Waals surface area contributed by atoms with Crippen LogP contribution < -0.4 is 5.32 Å². The predicted octanol–water partition coefficient (Wildman–Crippen LogP) is 1.87. The zero-order valence-electron chi connectivity index (χ0n) is 7.42. The third-order valence-corrected chi connectivity index (χ3v) is 1.70. The number of nitrogens with one attached hydrogen (secondary N) is 1. The van der Waals surface area contributed by atoms with Gasteiger partial charge in [-0.2, -0.15) is 0 Å². The molecule has 0 bridgehead atoms. The minimum Gasteiger partial charge on any atom is -0.465 e. The molecule has 2 nitrogen and oxygen atoms in total. The van der Waals surface area contributed by atoms with E-state index in [9.17, 15) is 0 Å². The first-order chi connectivity index (χ1) is 5.74. The largest absolute Gasteiger partial charge is 0.465 e. The third-order valence-electron chi connectivity index (χ3n) is 1.70. The van der Waals surface area contributed by atoms with Crippen LogP contribution in [0.4, 0.5) is 0 Å². The van der Waals surface area contributed by atoms with E-state index >= 15 is 0 Å². The van der Waals surface area contributed by atoms with E-state index in [1.54, 1.807) is 0 Å². The molecule has 0 saturated carbocycles. The number of aryl methyl sites for hydroxylation is 1. The first-order valence-corrected chi connectivity index (χ1v) is 3.97. The van der Waals surface area contributed by atoms with Crippen molar-refractivity contribution in [3.63, 3.8) is 0 Å². The Morgan fingerprint density at radius 1 is 1.67 bits per heavy atom. The van der Waals surface area contributed by atoms with Crippen LogP contribution in [0.5, 0.6) is 0 Å². The van der Waals surface area contributed by atoms with E-state index < -0.39 is 0 Å². The minimum atomic E-state index is 0.190. The van der Waals surface area contributed by atoms with Gasteiger partial charge in [-0.05, 0) is 26.0 Å². The molecule has 12 heavy (non-hydrogen) atoms. The van der Waals surface area contributed by atoms with Crippen molar-refractivity contribution < 1.29 is 4.42 Å². The van der Waals surface area contributed by atoms with Gasteiger partial charge in [-0.3, -0.25) is 5.32 Å². The van der Waals surface area contributed by atoms with Gasteiger partial charge in [-0.15, -0.1) is 6.42 Å². The molecule has 1 unspecified atom stereocenters. The molecule has 1 N–H and O–H groups in total. The lowest BCUT2D eigenvalue weighted by molar-refractivity contribution is 0.426. The molecule has 0 fully saturated rings. The van der Waals surface area contributed by atoms with Crippen LogP contribution in [-0.2, 0) is 0 Å². The summed E-state index contributed by atoms with van der Waals surface area (Å²) in [6, 6.07) is 4.10. The van der Waals surface area contributed by atoms with Crippen LogP contribution in [0.25, 0.3) is 0 Å². The molecular weight excluding hydrogens is 150 g/mol. The van der Waals surface area contributed by atoms with Gasteiger partial charge in [0, 0.05) is 0 Å². The van der Waals surface area contributed by atoms with Crippen molar-refractivity contribution in [1.82, 2.24) is 5.32 Å². The van der Waals surface area contributed by atoms with Crippen molar-refractivity contribution in [3.8, 4) is 12.3 Å². The van der Waals surface area contributed by atoms with E-state index in [2.05, 4.69) is 11.2 Å². The molecule has 0 aliphatic heterocycles. The Morgan fingerprint density at radius 3 is 2.92 bits per heavy atom. The van der Waals surface area contributed by atoms with Gasteiger partial charge >= 0.3 is 0 Å². The van der Waals surface area contributed by atoms with Gasteiger partial charge in [0.25, 0.3) is 0 Å². The lowest BCUT2D eigenvalue weighted by Crippen LogP contribution is -2.17. The Hall–Kier alpha value is -1.20. The quantitative estimate of drug-likeness (QED) is 0.688. The Kier molecular flexibility index (Phi) is 2.95. The van der Waals surface area contributed by atoms with Gasteiger partial charge in [0.15, 0.2) is 0 Å². The monoisotopic (exact) mass is 163 g/mol. The first-order valence-electron chi connectivity index (χ1n) is 3.97. The molecule has 1 aromatic heterocycles. The average molecular weight is 163 g/mol. The van der Waals surface area contributed by atoms with E-state index in [0.29, 0.717) is 6.54 Å². The highest BCUT2D eigenvalue weighted by Crippen LogP contribution is 2.14. The molecule has 0 aliphatic carbocycles. The van der Waals surface area contributed by atoms with E-state index in [0.717, 1.165) is 11.5 Å². The number of hydrogen-bond acceptors (Lipinski definition) is 2. The van der Waals surface area contributed by atoms with Crippen molar-refractivity contribution in [2.75, 3.05) is 6.54 Å². The number of furan rings is 1. The summed E-state index contributed by atoms with van der Waals surface area (Å²) < 4.78 is 5.41. The Balaban J connectivity index is 2.54. The van der Waals surface area contributed by atoms with E-state index in [1.165, 1.54) is 0 Å². The molecule has 0 aromatic carbocycles. The summed E-state index contributed by atoms with van der Waals surface area (Å²) in [7, 11) is 0. The van der Waals surface area contributed by atoms with Crippen LogP contribution in [0.2, 0.25) is 0 Å². The molecule has 1 aromatic rings. The fourth-order valence-electron chi connectivity index (χ4n) is 0.999. The van der Waals surface area contributed by atoms with Gasteiger partial charge in [0.2, 0.25) is 0 Å². The topological polar surface area (TPSA) is 25.2 Å². The van der Waals surface area contributed by atoms with Gasteiger partial charge < -0.3 is 4.42 Å². The van der Waals surface area contributed by atoms with Crippen molar-refractivity contribution in [2.24, 2.45) is 0 Å². The minimum absolute atomic E-state index is 0.190. The van der Waals surface area contributed by atoms with Crippen LogP contribution >= 0.6 is 0 Å². The molecule has 0 saturated heterocycles. The summed E-state index contributed by atoms with van der Waals surface area (Å²) >= 11 is 0. The maximum Gasteiger partial charge on any atom is 0.120 e. The highest BCUT2D eigenvalue weighted by Gasteiger charge is 2.06. The Morgan fingerprint density at radius 2 is 2.42 bits per heavy atom. The number of rotatable bonds is 3. The molecule has 0 radical (unpaired) electrons. The van der Waals surface area contributed by atoms with Gasteiger partial charge in [0.05, 0.1) is 12.6 Å². The van der Waals surface area contributed by atoms with Gasteiger partial charge in [-0.25, -0.2) is 0 Å². The zero-order valence-corrected chi connectivity index (χ0v) is 7.42. The van der Waals surface area contributed by atoms with E-state index in [4.69, 9.17) is 10.8 Å². The second-order valence-electron chi connectivity index (χ2n) is 2.76. The molecule has 0 spiro atoms. The molecule has 1 rings (SSSR count). The average Bonchev–Trinajstić information content (AvgIpc) is 2.47. The molecule has 0 aliphatic rings.